The first kappa shape index (κ1) is 33.9. The zero-order valence-corrected chi connectivity index (χ0v) is 25.8. The van der Waals surface area contributed by atoms with Crippen LogP contribution < -0.4 is 11.1 Å². The van der Waals surface area contributed by atoms with Gasteiger partial charge in [0.05, 0.1) is 5.70 Å². The fourth-order valence-electron chi connectivity index (χ4n) is 5.19. The van der Waals surface area contributed by atoms with Gasteiger partial charge in [0, 0.05) is 49.5 Å². The molecule has 0 spiro atoms. The van der Waals surface area contributed by atoms with Crippen molar-refractivity contribution in [2.24, 2.45) is 34.4 Å². The van der Waals surface area contributed by atoms with E-state index in [1.165, 1.54) is 6.92 Å². The summed E-state index contributed by atoms with van der Waals surface area (Å²) in [6, 6.07) is 7.42. The number of aliphatic imine (C=N–C) groups is 1. The molecule has 3 atom stereocenters. The number of amides is 1. The number of Topliss-reactive ketones (excluding diaryl/α,β-unsaturated/α-hetero) is 1. The van der Waals surface area contributed by atoms with E-state index in [2.05, 4.69) is 44.6 Å². The first-order valence-corrected chi connectivity index (χ1v) is 14.7. The third kappa shape index (κ3) is 9.10. The van der Waals surface area contributed by atoms with Gasteiger partial charge in [-0.3, -0.25) is 4.79 Å². The minimum atomic E-state index is -2.91. The van der Waals surface area contributed by atoms with E-state index in [0.717, 1.165) is 35.4 Å². The molecule has 0 saturated carbocycles. The molecule has 0 radical (unpaired) electrons. The number of nitrogens with one attached hydrogen (secondary N) is 1. The lowest BCUT2D eigenvalue weighted by Crippen LogP contribution is -2.34. The number of allylic oxidation sites excluding steroid dienone is 2. The van der Waals surface area contributed by atoms with Crippen LogP contribution in [0.1, 0.15) is 96.0 Å². The van der Waals surface area contributed by atoms with Crippen LogP contribution in [0.5, 0.6) is 0 Å². The first-order chi connectivity index (χ1) is 19.2. The summed E-state index contributed by atoms with van der Waals surface area (Å²) in [5.74, 6) is -3.45. The van der Waals surface area contributed by atoms with E-state index < -0.39 is 18.3 Å². The summed E-state index contributed by atoms with van der Waals surface area (Å²) in [6.45, 7) is 15.8. The number of rotatable bonds is 15. The third-order valence-electron chi connectivity index (χ3n) is 7.97. The van der Waals surface area contributed by atoms with E-state index >= 15 is 0 Å². The molecule has 226 valence electrons. The summed E-state index contributed by atoms with van der Waals surface area (Å²) in [4.78, 5) is 29.8. The van der Waals surface area contributed by atoms with Crippen LogP contribution in [0.2, 0.25) is 0 Å². The smallest absolute Gasteiger partial charge is 0.251 e. The van der Waals surface area contributed by atoms with Crippen molar-refractivity contribution in [1.82, 2.24) is 10.2 Å². The van der Waals surface area contributed by atoms with Gasteiger partial charge in [-0.15, -0.1) is 0 Å². The average Bonchev–Trinajstić information content (AvgIpc) is 2.94. The maximum absolute atomic E-state index is 14.8. The maximum atomic E-state index is 14.8. The molecule has 1 amide bonds. The average molecular weight is 571 g/mol. The van der Waals surface area contributed by atoms with Gasteiger partial charge < -0.3 is 20.7 Å². The van der Waals surface area contributed by atoms with Crippen molar-refractivity contribution < 1.29 is 18.4 Å². The molecule has 0 aliphatic carbocycles. The summed E-state index contributed by atoms with van der Waals surface area (Å²) in [7, 11) is 1.60. The fourth-order valence-corrected chi connectivity index (χ4v) is 5.19. The molecule has 41 heavy (non-hydrogen) atoms. The van der Waals surface area contributed by atoms with Gasteiger partial charge in [-0.2, -0.15) is 0 Å². The molecule has 1 aliphatic rings. The van der Waals surface area contributed by atoms with Gasteiger partial charge in [0.2, 0.25) is 0 Å². The molecule has 1 aromatic rings. The second-order valence-electron chi connectivity index (χ2n) is 11.7. The van der Waals surface area contributed by atoms with Crippen molar-refractivity contribution in [2.45, 2.75) is 86.0 Å². The second-order valence-corrected chi connectivity index (χ2v) is 11.7. The Labute approximate surface area is 244 Å². The summed E-state index contributed by atoms with van der Waals surface area (Å²) in [6.07, 6.45) is 5.39. The zero-order chi connectivity index (χ0) is 30.9. The highest BCUT2D eigenvalue weighted by Gasteiger charge is 2.37. The molecular weight excluding hydrogens is 522 g/mol. The van der Waals surface area contributed by atoms with E-state index in [0.29, 0.717) is 30.2 Å². The summed E-state index contributed by atoms with van der Waals surface area (Å²) in [5.41, 5.74) is 10.5. The van der Waals surface area contributed by atoms with E-state index in [1.807, 2.05) is 23.2 Å². The normalized spacial score (nSPS) is 17.1. The second kappa shape index (κ2) is 15.1. The number of nitrogens with zero attached hydrogens (tertiary/aromatic N) is 2. The lowest BCUT2D eigenvalue weighted by atomic mass is 9.84. The zero-order valence-electron chi connectivity index (χ0n) is 25.8. The number of hydrogen-bond acceptors (Lipinski definition) is 5. The van der Waals surface area contributed by atoms with Crippen LogP contribution in [0.4, 0.5) is 8.78 Å². The van der Waals surface area contributed by atoms with E-state index in [1.54, 1.807) is 32.3 Å². The molecule has 0 bridgehead atoms. The minimum absolute atomic E-state index is 0.0691. The maximum Gasteiger partial charge on any atom is 0.251 e. The molecule has 3 N–H and O–H groups in total. The molecule has 1 heterocycles. The summed E-state index contributed by atoms with van der Waals surface area (Å²) < 4.78 is 29.6. The van der Waals surface area contributed by atoms with Gasteiger partial charge >= 0.3 is 0 Å². The molecule has 1 aromatic carbocycles. The van der Waals surface area contributed by atoms with Gasteiger partial charge in [-0.05, 0) is 73.6 Å². The Kier molecular flexibility index (Phi) is 12.5. The first-order valence-electron chi connectivity index (χ1n) is 14.7. The van der Waals surface area contributed by atoms with Crippen LogP contribution in [0.25, 0.3) is 5.57 Å². The Balaban J connectivity index is 2.48. The number of alkyl halides is 2. The number of amidine groups is 1. The van der Waals surface area contributed by atoms with E-state index in [9.17, 15) is 18.4 Å². The predicted octanol–water partition coefficient (Wildman–Crippen LogP) is 7.54. The molecule has 0 aromatic heterocycles. The van der Waals surface area contributed by atoms with Crippen molar-refractivity contribution in [3.8, 4) is 0 Å². The minimum Gasteiger partial charge on any atom is -0.382 e. The van der Waals surface area contributed by atoms with Crippen LogP contribution >= 0.6 is 0 Å². The Morgan fingerprint density at radius 2 is 1.71 bits per heavy atom. The number of ketones is 1. The Bertz CT molecular complexity index is 1170. The highest BCUT2D eigenvalue weighted by Crippen LogP contribution is 2.39. The lowest BCUT2D eigenvalue weighted by Gasteiger charge is -2.36. The van der Waals surface area contributed by atoms with Crippen LogP contribution in [0.3, 0.4) is 0 Å². The fraction of sp³-hybridized carbons (Fsp3) is 0.545. The molecule has 0 fully saturated rings. The summed E-state index contributed by atoms with van der Waals surface area (Å²) >= 11 is 0. The highest BCUT2D eigenvalue weighted by atomic mass is 19.3. The number of carbonyl (C=O) groups is 2. The third-order valence-corrected chi connectivity index (χ3v) is 7.97. The van der Waals surface area contributed by atoms with Gasteiger partial charge in [0.1, 0.15) is 11.6 Å². The molecule has 1 unspecified atom stereocenters. The van der Waals surface area contributed by atoms with Crippen molar-refractivity contribution in [3.63, 3.8) is 0 Å². The Hall–Kier alpha value is -3.29. The Morgan fingerprint density at radius 3 is 2.24 bits per heavy atom. The van der Waals surface area contributed by atoms with Crippen molar-refractivity contribution >= 4 is 23.1 Å². The van der Waals surface area contributed by atoms with Gasteiger partial charge in [-0.1, -0.05) is 53.3 Å². The van der Waals surface area contributed by atoms with E-state index in [-0.39, 0.29) is 29.9 Å². The quantitative estimate of drug-likeness (QED) is 0.228. The number of hydrogen-bond donors (Lipinski definition) is 2. The van der Waals surface area contributed by atoms with Crippen LogP contribution in [-0.4, -0.2) is 35.4 Å². The monoisotopic (exact) mass is 570 g/mol. The van der Waals surface area contributed by atoms with Crippen molar-refractivity contribution in [2.75, 3.05) is 7.05 Å². The SMILES string of the molecule is C=C([C@@H](CC[C@H](C)C(F)(F)CCC(C)=O)CC(C)C)N1C=CN=C(N)/C1=C(\c1ccc(C(=O)NC)cc1)C(C)CC. The van der Waals surface area contributed by atoms with Crippen molar-refractivity contribution in [1.29, 1.82) is 0 Å². The number of carbonyl (C=O) groups excluding carboxylic acids is 2. The van der Waals surface area contributed by atoms with Gasteiger partial charge in [0.25, 0.3) is 11.8 Å². The molecular formula is C33H48F2N4O2. The molecule has 2 rings (SSSR count). The molecule has 0 saturated heterocycles. The highest BCUT2D eigenvalue weighted by molar-refractivity contribution is 6.05. The number of nitrogens with two attached hydrogens (primary N) is 1. The lowest BCUT2D eigenvalue weighted by molar-refractivity contribution is -0.120. The summed E-state index contributed by atoms with van der Waals surface area (Å²) in [5, 5.41) is 2.64. The van der Waals surface area contributed by atoms with Crippen LogP contribution in [0, 0.1) is 23.7 Å². The standard InChI is InChI=1S/C33H48F2N4O2/c1-9-22(4)29(26-12-14-27(15-13-26)32(41)37-8)30-31(36)38-18-19-39(30)25(7)28(20-21(2)3)11-10-23(5)33(34,35)17-16-24(6)40/h12-15,18-19,21-23,28H,7,9-11,16-17,20H2,1-6,8H3,(H2,36,38)(H,37,41)/b30-29+/t22?,23-,28-/m0/s1. The van der Waals surface area contributed by atoms with E-state index in [4.69, 9.17) is 5.73 Å². The van der Waals surface area contributed by atoms with Crippen LogP contribution in [-0.2, 0) is 4.79 Å². The molecule has 1 aliphatic heterocycles. The molecule has 8 heteroatoms. The predicted molar refractivity (Wildman–Crippen MR) is 164 cm³/mol. The van der Waals surface area contributed by atoms with Gasteiger partial charge in [0.15, 0.2) is 0 Å². The van der Waals surface area contributed by atoms with Crippen molar-refractivity contribution in [3.05, 3.63) is 65.8 Å². The topological polar surface area (TPSA) is 87.8 Å². The largest absolute Gasteiger partial charge is 0.382 e. The number of halogens is 2. The molecule has 6 nitrogen and oxygen atoms in total. The van der Waals surface area contributed by atoms with Gasteiger partial charge in [-0.25, -0.2) is 13.8 Å². The number of benzene rings is 1. The van der Waals surface area contributed by atoms with Crippen LogP contribution in [0.15, 0.2) is 59.6 Å². The Morgan fingerprint density at radius 1 is 1.10 bits per heavy atom.